The van der Waals surface area contributed by atoms with Gasteiger partial charge in [0.2, 0.25) is 0 Å². The zero-order valence-electron chi connectivity index (χ0n) is 13.8. The number of aromatic nitrogens is 3. The van der Waals surface area contributed by atoms with E-state index in [0.717, 1.165) is 18.5 Å². The van der Waals surface area contributed by atoms with Crippen LogP contribution in [0.1, 0.15) is 32.6 Å². The lowest BCUT2D eigenvalue weighted by Gasteiger charge is -2.29. The fraction of sp³-hybridized carbons (Fsp3) is 0.500. The van der Waals surface area contributed by atoms with E-state index >= 15 is 0 Å². The molecule has 2 fully saturated rings. The Hall–Kier alpha value is -2.37. The minimum Gasteiger partial charge on any atom is -0.484 e. The van der Waals surface area contributed by atoms with Crippen LogP contribution in [0.5, 0.6) is 5.75 Å². The van der Waals surface area contributed by atoms with Crippen LogP contribution in [0.25, 0.3) is 5.69 Å². The predicted molar refractivity (Wildman–Crippen MR) is 88.9 cm³/mol. The van der Waals surface area contributed by atoms with E-state index in [4.69, 9.17) is 4.74 Å². The number of ether oxygens (including phenoxy) is 1. The second kappa shape index (κ2) is 6.26. The van der Waals surface area contributed by atoms with Crippen molar-refractivity contribution in [1.29, 1.82) is 0 Å². The lowest BCUT2D eigenvalue weighted by Crippen LogP contribution is -2.44. The first kappa shape index (κ1) is 15.2. The van der Waals surface area contributed by atoms with Crippen molar-refractivity contribution in [1.82, 2.24) is 19.7 Å². The minimum atomic E-state index is 0.0916. The molecule has 0 saturated heterocycles. The Kier molecular flexibility index (Phi) is 3.96. The number of amides is 1. The molecule has 0 spiro atoms. The number of carbonyl (C=O) groups is 1. The Bertz CT molecular complexity index is 708. The Morgan fingerprint density at radius 3 is 2.88 bits per heavy atom. The van der Waals surface area contributed by atoms with Crippen molar-refractivity contribution in [2.45, 2.75) is 44.7 Å². The van der Waals surface area contributed by atoms with Gasteiger partial charge in [-0.25, -0.2) is 9.67 Å². The van der Waals surface area contributed by atoms with Gasteiger partial charge in [0.25, 0.3) is 5.91 Å². The molecule has 1 atom stereocenters. The van der Waals surface area contributed by atoms with Crippen LogP contribution in [-0.4, -0.2) is 44.3 Å². The van der Waals surface area contributed by atoms with Crippen molar-refractivity contribution in [2.24, 2.45) is 5.92 Å². The normalized spacial score (nSPS) is 18.2. The van der Waals surface area contributed by atoms with Gasteiger partial charge in [0.15, 0.2) is 6.61 Å². The first-order chi connectivity index (χ1) is 11.7. The standard InChI is InChI=1S/C18H22N4O2/c1-13(14-5-6-14)22(15-7-8-15)18(23)10-24-17-4-2-3-16(9-17)21-12-19-11-20-21/h2-4,9,11-15H,5-8,10H2,1H3/t13-/m1/s1. The number of rotatable bonds is 7. The molecule has 1 aromatic heterocycles. The Labute approximate surface area is 141 Å². The van der Waals surface area contributed by atoms with Crippen LogP contribution in [0.15, 0.2) is 36.9 Å². The van der Waals surface area contributed by atoms with Gasteiger partial charge in [-0.3, -0.25) is 4.79 Å². The third-order valence-corrected chi connectivity index (χ3v) is 4.83. The molecule has 0 radical (unpaired) electrons. The van der Waals surface area contributed by atoms with E-state index in [1.165, 1.54) is 19.2 Å². The van der Waals surface area contributed by atoms with Crippen molar-refractivity contribution < 1.29 is 9.53 Å². The molecule has 126 valence electrons. The average Bonchev–Trinajstić information content (AvgIpc) is 3.53. The molecule has 24 heavy (non-hydrogen) atoms. The highest BCUT2D eigenvalue weighted by Gasteiger charge is 2.41. The van der Waals surface area contributed by atoms with Crippen molar-refractivity contribution in [2.75, 3.05) is 6.61 Å². The van der Waals surface area contributed by atoms with E-state index in [2.05, 4.69) is 21.9 Å². The average molecular weight is 326 g/mol. The molecule has 0 unspecified atom stereocenters. The quantitative estimate of drug-likeness (QED) is 0.784. The number of hydrogen-bond donors (Lipinski definition) is 0. The summed E-state index contributed by atoms with van der Waals surface area (Å²) in [5.74, 6) is 1.46. The molecule has 2 aromatic rings. The largest absolute Gasteiger partial charge is 0.484 e. The van der Waals surface area contributed by atoms with Gasteiger partial charge < -0.3 is 9.64 Å². The fourth-order valence-electron chi connectivity index (χ4n) is 3.20. The molecule has 4 rings (SSSR count). The summed E-state index contributed by atoms with van der Waals surface area (Å²) in [5, 5.41) is 4.11. The van der Waals surface area contributed by atoms with Crippen LogP contribution in [0, 0.1) is 5.92 Å². The maximum atomic E-state index is 12.7. The number of nitrogens with zero attached hydrogens (tertiary/aromatic N) is 4. The van der Waals surface area contributed by atoms with E-state index in [9.17, 15) is 4.79 Å². The highest BCUT2D eigenvalue weighted by molar-refractivity contribution is 5.79. The maximum absolute atomic E-state index is 12.7. The first-order valence-corrected chi connectivity index (χ1v) is 8.61. The second-order valence-electron chi connectivity index (χ2n) is 6.74. The summed E-state index contributed by atoms with van der Waals surface area (Å²) in [4.78, 5) is 18.7. The van der Waals surface area contributed by atoms with Crippen LogP contribution in [0.2, 0.25) is 0 Å². The van der Waals surface area contributed by atoms with Gasteiger partial charge in [0, 0.05) is 18.2 Å². The molecule has 6 heteroatoms. The van der Waals surface area contributed by atoms with Crippen molar-refractivity contribution >= 4 is 5.91 Å². The van der Waals surface area contributed by atoms with E-state index < -0.39 is 0 Å². The molecule has 2 saturated carbocycles. The molecule has 1 aromatic carbocycles. The van der Waals surface area contributed by atoms with Crippen LogP contribution < -0.4 is 4.74 Å². The van der Waals surface area contributed by atoms with E-state index in [-0.39, 0.29) is 12.5 Å². The van der Waals surface area contributed by atoms with E-state index in [1.54, 1.807) is 11.0 Å². The molecule has 6 nitrogen and oxygen atoms in total. The second-order valence-corrected chi connectivity index (χ2v) is 6.74. The maximum Gasteiger partial charge on any atom is 0.261 e. The summed E-state index contributed by atoms with van der Waals surface area (Å²) < 4.78 is 7.43. The van der Waals surface area contributed by atoms with Crippen LogP contribution >= 0.6 is 0 Å². The topological polar surface area (TPSA) is 60.2 Å². The summed E-state index contributed by atoms with van der Waals surface area (Å²) in [5.41, 5.74) is 0.864. The molecular weight excluding hydrogens is 304 g/mol. The molecule has 1 heterocycles. The number of carbonyl (C=O) groups excluding carboxylic acids is 1. The zero-order valence-corrected chi connectivity index (χ0v) is 13.8. The van der Waals surface area contributed by atoms with Gasteiger partial charge in [-0.2, -0.15) is 5.10 Å². The monoisotopic (exact) mass is 326 g/mol. The summed E-state index contributed by atoms with van der Waals surface area (Å²) in [6.45, 7) is 2.27. The highest BCUT2D eigenvalue weighted by Crippen LogP contribution is 2.39. The lowest BCUT2D eigenvalue weighted by molar-refractivity contribution is -0.136. The SMILES string of the molecule is C[C@H](C1CC1)N(C(=O)COc1cccc(-n2cncn2)c1)C1CC1. The Balaban J connectivity index is 1.40. The number of benzene rings is 1. The molecule has 1 amide bonds. The third kappa shape index (κ3) is 3.27. The van der Waals surface area contributed by atoms with Gasteiger partial charge in [-0.15, -0.1) is 0 Å². The molecule has 2 aliphatic carbocycles. The van der Waals surface area contributed by atoms with Gasteiger partial charge in [-0.1, -0.05) is 6.07 Å². The van der Waals surface area contributed by atoms with E-state index in [1.807, 2.05) is 24.3 Å². The lowest BCUT2D eigenvalue weighted by atomic mass is 10.1. The summed E-state index contributed by atoms with van der Waals surface area (Å²) in [7, 11) is 0. The molecule has 0 N–H and O–H groups in total. The number of hydrogen-bond acceptors (Lipinski definition) is 4. The van der Waals surface area contributed by atoms with Crippen LogP contribution in [0.4, 0.5) is 0 Å². The smallest absolute Gasteiger partial charge is 0.261 e. The molecule has 0 aliphatic heterocycles. The van der Waals surface area contributed by atoms with Crippen LogP contribution in [0.3, 0.4) is 0 Å². The molecule has 0 bridgehead atoms. The van der Waals surface area contributed by atoms with Gasteiger partial charge in [0.05, 0.1) is 5.69 Å². The molecule has 2 aliphatic rings. The Morgan fingerprint density at radius 2 is 2.21 bits per heavy atom. The van der Waals surface area contributed by atoms with Gasteiger partial charge in [0.1, 0.15) is 18.4 Å². The fourth-order valence-corrected chi connectivity index (χ4v) is 3.20. The van der Waals surface area contributed by atoms with Crippen LogP contribution in [-0.2, 0) is 4.79 Å². The zero-order chi connectivity index (χ0) is 16.5. The van der Waals surface area contributed by atoms with E-state index in [0.29, 0.717) is 23.8 Å². The Morgan fingerprint density at radius 1 is 1.38 bits per heavy atom. The van der Waals surface area contributed by atoms with Crippen molar-refractivity contribution in [3.05, 3.63) is 36.9 Å². The first-order valence-electron chi connectivity index (χ1n) is 8.61. The predicted octanol–water partition coefficient (Wildman–Crippen LogP) is 2.44. The highest BCUT2D eigenvalue weighted by atomic mass is 16.5. The summed E-state index contributed by atoms with van der Waals surface area (Å²) in [6, 6.07) is 8.32. The summed E-state index contributed by atoms with van der Waals surface area (Å²) >= 11 is 0. The van der Waals surface area contributed by atoms with Crippen molar-refractivity contribution in [3.8, 4) is 11.4 Å². The minimum absolute atomic E-state index is 0.0916. The van der Waals surface area contributed by atoms with Gasteiger partial charge >= 0.3 is 0 Å². The summed E-state index contributed by atoms with van der Waals surface area (Å²) in [6.07, 6.45) is 7.88. The third-order valence-electron chi connectivity index (χ3n) is 4.83. The van der Waals surface area contributed by atoms with Crippen molar-refractivity contribution in [3.63, 3.8) is 0 Å². The molecular formula is C18H22N4O2. The van der Waals surface area contributed by atoms with Gasteiger partial charge in [-0.05, 0) is 50.7 Å².